The maximum absolute atomic E-state index is 12.3. The van der Waals surface area contributed by atoms with Crippen LogP contribution in [0, 0.1) is 13.8 Å². The van der Waals surface area contributed by atoms with Crippen molar-refractivity contribution in [3.63, 3.8) is 0 Å². The first kappa shape index (κ1) is 13.0. The number of nitrogens with one attached hydrogen (secondary N) is 2. The number of nitrogens with zero attached hydrogens (tertiary/aromatic N) is 2. The minimum Gasteiger partial charge on any atom is -0.303 e. The number of anilines is 1. The maximum atomic E-state index is 12.3. The van der Waals surface area contributed by atoms with Crippen LogP contribution >= 0.6 is 0 Å². The minimum atomic E-state index is -0.443. The summed E-state index contributed by atoms with van der Waals surface area (Å²) in [7, 11) is 0. The molecular formula is C13H20N4O. The van der Waals surface area contributed by atoms with E-state index in [-0.39, 0.29) is 5.91 Å². The lowest BCUT2D eigenvalue weighted by Gasteiger charge is -2.26. The molecule has 0 spiro atoms. The Morgan fingerprint density at radius 1 is 1.44 bits per heavy atom. The molecule has 5 nitrogen and oxygen atoms in total. The molecule has 2 N–H and O–H groups in total. The molecule has 1 aliphatic rings. The number of carbonyl (C=O) groups is 1. The number of amides is 1. The van der Waals surface area contributed by atoms with Gasteiger partial charge >= 0.3 is 0 Å². The molecule has 2 heterocycles. The Morgan fingerprint density at radius 3 is 2.61 bits per heavy atom. The van der Waals surface area contributed by atoms with Crippen molar-refractivity contribution in [2.45, 2.75) is 45.6 Å². The lowest BCUT2D eigenvalue weighted by atomic mass is 9.93. The van der Waals surface area contributed by atoms with E-state index in [0.29, 0.717) is 5.95 Å². The van der Waals surface area contributed by atoms with Crippen molar-refractivity contribution >= 4 is 11.9 Å². The van der Waals surface area contributed by atoms with Gasteiger partial charge in [-0.1, -0.05) is 6.92 Å². The van der Waals surface area contributed by atoms with E-state index in [0.717, 1.165) is 37.2 Å². The van der Waals surface area contributed by atoms with Gasteiger partial charge in [0.1, 0.15) is 0 Å². The van der Waals surface area contributed by atoms with Gasteiger partial charge in [-0.25, -0.2) is 9.97 Å². The number of carbonyl (C=O) groups excluding carboxylic acids is 1. The summed E-state index contributed by atoms with van der Waals surface area (Å²) in [4.78, 5) is 20.8. The highest BCUT2D eigenvalue weighted by molar-refractivity contribution is 5.97. The molecule has 1 aromatic rings. The Morgan fingerprint density at radius 2 is 2.11 bits per heavy atom. The normalized spacial score (nSPS) is 23.1. The second kappa shape index (κ2) is 5.02. The second-order valence-corrected chi connectivity index (χ2v) is 4.89. The van der Waals surface area contributed by atoms with Crippen molar-refractivity contribution in [2.75, 3.05) is 11.9 Å². The third kappa shape index (κ3) is 2.51. The summed E-state index contributed by atoms with van der Waals surface area (Å²) in [5.41, 5.74) is 1.28. The molecule has 1 aromatic heterocycles. The topological polar surface area (TPSA) is 66.9 Å². The van der Waals surface area contributed by atoms with Crippen LogP contribution < -0.4 is 10.6 Å². The molecule has 5 heteroatoms. The van der Waals surface area contributed by atoms with Crippen LogP contribution in [-0.4, -0.2) is 28.0 Å². The molecule has 1 amide bonds. The van der Waals surface area contributed by atoms with E-state index in [9.17, 15) is 4.79 Å². The van der Waals surface area contributed by atoms with E-state index in [1.165, 1.54) is 0 Å². The predicted octanol–water partition coefficient (Wildman–Crippen LogP) is 1.56. The highest BCUT2D eigenvalue weighted by Crippen LogP contribution is 2.24. The number of hydrogen-bond acceptors (Lipinski definition) is 4. The van der Waals surface area contributed by atoms with Crippen molar-refractivity contribution in [3.8, 4) is 0 Å². The average Bonchev–Trinajstić information content (AvgIpc) is 2.77. The monoisotopic (exact) mass is 248 g/mol. The van der Waals surface area contributed by atoms with Crippen LogP contribution in [-0.2, 0) is 4.79 Å². The lowest BCUT2D eigenvalue weighted by Crippen LogP contribution is -2.50. The van der Waals surface area contributed by atoms with Crippen molar-refractivity contribution in [3.05, 3.63) is 17.5 Å². The molecule has 0 bridgehead atoms. The zero-order valence-corrected chi connectivity index (χ0v) is 11.2. The molecule has 0 saturated carbocycles. The molecule has 0 aliphatic carbocycles. The van der Waals surface area contributed by atoms with E-state index >= 15 is 0 Å². The maximum Gasteiger partial charge on any atom is 0.247 e. The van der Waals surface area contributed by atoms with E-state index < -0.39 is 5.54 Å². The summed E-state index contributed by atoms with van der Waals surface area (Å²) < 4.78 is 0. The van der Waals surface area contributed by atoms with Crippen molar-refractivity contribution in [1.82, 2.24) is 15.3 Å². The molecule has 18 heavy (non-hydrogen) atoms. The predicted molar refractivity (Wildman–Crippen MR) is 70.4 cm³/mol. The zero-order chi connectivity index (χ0) is 13.2. The summed E-state index contributed by atoms with van der Waals surface area (Å²) in [6.07, 6.45) is 2.69. The molecule has 1 atom stereocenters. The second-order valence-electron chi connectivity index (χ2n) is 4.89. The molecular weight excluding hydrogens is 228 g/mol. The molecule has 0 aromatic carbocycles. The van der Waals surface area contributed by atoms with Gasteiger partial charge in [0.25, 0.3) is 0 Å². The van der Waals surface area contributed by atoms with Crippen LogP contribution in [0.25, 0.3) is 0 Å². The highest BCUT2D eigenvalue weighted by Gasteiger charge is 2.39. The van der Waals surface area contributed by atoms with E-state index in [1.807, 2.05) is 26.8 Å². The van der Waals surface area contributed by atoms with Crippen molar-refractivity contribution in [1.29, 1.82) is 0 Å². The van der Waals surface area contributed by atoms with Gasteiger partial charge in [0, 0.05) is 11.4 Å². The van der Waals surface area contributed by atoms with Gasteiger partial charge in [-0.2, -0.15) is 0 Å². The average molecular weight is 248 g/mol. The summed E-state index contributed by atoms with van der Waals surface area (Å²) in [5, 5.41) is 6.14. The molecule has 1 aliphatic heterocycles. The SMILES string of the molecule is CCC1(C(=O)Nc2nc(C)cc(C)n2)CCCN1. The van der Waals surface area contributed by atoms with Crippen LogP contribution in [0.4, 0.5) is 5.95 Å². The molecule has 0 radical (unpaired) electrons. The Bertz CT molecular complexity index is 432. The number of rotatable bonds is 3. The first-order valence-electron chi connectivity index (χ1n) is 6.44. The fourth-order valence-electron chi connectivity index (χ4n) is 2.47. The van der Waals surface area contributed by atoms with Gasteiger partial charge in [-0.05, 0) is 45.7 Å². The van der Waals surface area contributed by atoms with Gasteiger partial charge < -0.3 is 5.32 Å². The third-order valence-electron chi connectivity index (χ3n) is 3.49. The van der Waals surface area contributed by atoms with Gasteiger partial charge in [0.2, 0.25) is 11.9 Å². The van der Waals surface area contributed by atoms with Crippen molar-refractivity contribution in [2.24, 2.45) is 0 Å². The third-order valence-corrected chi connectivity index (χ3v) is 3.49. The molecule has 1 fully saturated rings. The Kier molecular flexibility index (Phi) is 3.61. The van der Waals surface area contributed by atoms with Crippen LogP contribution in [0.15, 0.2) is 6.07 Å². The van der Waals surface area contributed by atoms with Gasteiger partial charge in [0.05, 0.1) is 5.54 Å². The number of hydrogen-bond donors (Lipinski definition) is 2. The Hall–Kier alpha value is -1.49. The molecule has 98 valence electrons. The fraction of sp³-hybridized carbons (Fsp3) is 0.615. The fourth-order valence-corrected chi connectivity index (χ4v) is 2.47. The van der Waals surface area contributed by atoms with Crippen LogP contribution in [0.1, 0.15) is 37.6 Å². The summed E-state index contributed by atoms with van der Waals surface area (Å²) in [5.74, 6) is 0.381. The van der Waals surface area contributed by atoms with Crippen LogP contribution in [0.5, 0.6) is 0 Å². The first-order chi connectivity index (χ1) is 8.55. The van der Waals surface area contributed by atoms with E-state index in [4.69, 9.17) is 0 Å². The summed E-state index contributed by atoms with van der Waals surface area (Å²) in [6, 6.07) is 1.89. The summed E-state index contributed by atoms with van der Waals surface area (Å²) in [6.45, 7) is 6.72. The quantitative estimate of drug-likeness (QED) is 0.852. The van der Waals surface area contributed by atoms with Gasteiger partial charge in [-0.3, -0.25) is 10.1 Å². The first-order valence-corrected chi connectivity index (χ1v) is 6.44. The zero-order valence-electron chi connectivity index (χ0n) is 11.2. The van der Waals surface area contributed by atoms with Gasteiger partial charge in [-0.15, -0.1) is 0 Å². The minimum absolute atomic E-state index is 0.0208. The van der Waals surface area contributed by atoms with Crippen molar-refractivity contribution < 1.29 is 4.79 Å². The number of aryl methyl sites for hydroxylation is 2. The summed E-state index contributed by atoms with van der Waals surface area (Å²) >= 11 is 0. The lowest BCUT2D eigenvalue weighted by molar-refractivity contribution is -0.122. The standard InChI is InChI=1S/C13H20N4O/c1-4-13(6-5-7-14-13)11(18)17-12-15-9(2)8-10(3)16-12/h8,14H,4-7H2,1-3H3,(H,15,16,17,18). The largest absolute Gasteiger partial charge is 0.303 e. The Balaban J connectivity index is 2.15. The van der Waals surface area contributed by atoms with Crippen LogP contribution in [0.3, 0.4) is 0 Å². The number of aromatic nitrogens is 2. The van der Waals surface area contributed by atoms with Gasteiger partial charge in [0.15, 0.2) is 0 Å². The van der Waals surface area contributed by atoms with Crippen LogP contribution in [0.2, 0.25) is 0 Å². The smallest absolute Gasteiger partial charge is 0.247 e. The van der Waals surface area contributed by atoms with E-state index in [1.54, 1.807) is 0 Å². The molecule has 1 unspecified atom stereocenters. The highest BCUT2D eigenvalue weighted by atomic mass is 16.2. The van der Waals surface area contributed by atoms with E-state index in [2.05, 4.69) is 20.6 Å². The Labute approximate surface area is 107 Å². The molecule has 1 saturated heterocycles. The molecule has 2 rings (SSSR count).